The molecule has 100 valence electrons. The summed E-state index contributed by atoms with van der Waals surface area (Å²) in [6, 6.07) is 0.661. The average molecular weight is 268 g/mol. The number of ether oxygens (including phenoxy) is 1. The second kappa shape index (κ2) is 6.18. The molecule has 0 bridgehead atoms. The molecule has 0 spiro atoms. The molecule has 0 amide bonds. The van der Waals surface area contributed by atoms with Crippen molar-refractivity contribution in [2.24, 2.45) is 0 Å². The zero-order chi connectivity index (χ0) is 13.0. The second-order valence-corrected chi connectivity index (χ2v) is 5.46. The average Bonchev–Trinajstić information content (AvgIpc) is 2.73. The number of hydrogen-bond acceptors (Lipinski definition) is 5. The molecule has 1 heterocycles. The van der Waals surface area contributed by atoms with Crippen molar-refractivity contribution < 1.29 is 9.53 Å². The molecule has 0 radical (unpaired) electrons. The van der Waals surface area contributed by atoms with Gasteiger partial charge >= 0.3 is 5.97 Å². The molecular weight excluding hydrogens is 248 g/mol. The van der Waals surface area contributed by atoms with Crippen LogP contribution in [0.3, 0.4) is 0 Å². The van der Waals surface area contributed by atoms with E-state index in [0.717, 1.165) is 10.8 Å². The van der Waals surface area contributed by atoms with Gasteiger partial charge < -0.3 is 9.64 Å². The Kier molecular flexibility index (Phi) is 4.58. The van der Waals surface area contributed by atoms with E-state index in [1.54, 1.807) is 11.3 Å². The highest BCUT2D eigenvalue weighted by atomic mass is 32.1. The highest BCUT2D eigenvalue weighted by Crippen LogP contribution is 2.30. The van der Waals surface area contributed by atoms with Gasteiger partial charge in [0.05, 0.1) is 18.7 Å². The number of hydrogen-bond donors (Lipinski definition) is 0. The number of anilines is 1. The Morgan fingerprint density at radius 3 is 3.00 bits per heavy atom. The van der Waals surface area contributed by atoms with E-state index in [4.69, 9.17) is 4.74 Å². The first-order chi connectivity index (χ1) is 8.70. The van der Waals surface area contributed by atoms with Crippen molar-refractivity contribution in [3.05, 3.63) is 11.1 Å². The van der Waals surface area contributed by atoms with Gasteiger partial charge in [0, 0.05) is 24.9 Å². The Labute approximate surface area is 112 Å². The highest BCUT2D eigenvalue weighted by Gasteiger charge is 2.23. The molecule has 18 heavy (non-hydrogen) atoms. The van der Waals surface area contributed by atoms with Crippen LogP contribution in [0, 0.1) is 0 Å². The summed E-state index contributed by atoms with van der Waals surface area (Å²) in [6.45, 7) is 2.28. The fraction of sp³-hybridized carbons (Fsp3) is 0.692. The Hall–Kier alpha value is -1.10. The molecule has 1 aliphatic rings. The van der Waals surface area contributed by atoms with Crippen LogP contribution in [0.4, 0.5) is 5.13 Å². The monoisotopic (exact) mass is 268 g/mol. The number of rotatable bonds is 6. The highest BCUT2D eigenvalue weighted by molar-refractivity contribution is 7.13. The van der Waals surface area contributed by atoms with E-state index in [9.17, 15) is 4.79 Å². The minimum Gasteiger partial charge on any atom is -0.466 e. The molecule has 0 aliphatic heterocycles. The predicted molar refractivity (Wildman–Crippen MR) is 73.1 cm³/mol. The summed E-state index contributed by atoms with van der Waals surface area (Å²) in [4.78, 5) is 18.1. The van der Waals surface area contributed by atoms with Gasteiger partial charge in [-0.05, 0) is 26.2 Å². The molecule has 1 aromatic rings. The predicted octanol–water partition coefficient (Wildman–Crippen LogP) is 2.63. The van der Waals surface area contributed by atoms with Gasteiger partial charge in [-0.3, -0.25) is 4.79 Å². The minimum atomic E-state index is -0.139. The number of thiazole rings is 1. The Balaban J connectivity index is 1.83. The molecule has 0 aromatic carbocycles. The van der Waals surface area contributed by atoms with Crippen molar-refractivity contribution in [1.82, 2.24) is 4.98 Å². The molecule has 0 saturated heterocycles. The molecule has 1 fully saturated rings. The molecule has 5 heteroatoms. The lowest BCUT2D eigenvalue weighted by Crippen LogP contribution is -2.37. The SMILES string of the molecule is CCOC(=O)CCc1csc(N(C)C2CCC2)n1. The molecule has 0 N–H and O–H groups in total. The molecule has 2 rings (SSSR count). The molecule has 0 unspecified atom stereocenters. The van der Waals surface area contributed by atoms with Gasteiger partial charge in [-0.25, -0.2) is 4.98 Å². The number of esters is 1. The maximum atomic E-state index is 11.3. The van der Waals surface area contributed by atoms with Crippen molar-refractivity contribution in [2.75, 3.05) is 18.6 Å². The fourth-order valence-electron chi connectivity index (χ4n) is 1.97. The van der Waals surface area contributed by atoms with Crippen molar-refractivity contribution in [2.45, 2.75) is 45.1 Å². The van der Waals surface area contributed by atoms with E-state index in [1.165, 1.54) is 19.3 Å². The van der Waals surface area contributed by atoms with Crippen molar-refractivity contribution in [1.29, 1.82) is 0 Å². The zero-order valence-electron chi connectivity index (χ0n) is 11.0. The topological polar surface area (TPSA) is 42.4 Å². The van der Waals surface area contributed by atoms with Crippen LogP contribution < -0.4 is 4.90 Å². The molecule has 1 saturated carbocycles. The van der Waals surface area contributed by atoms with E-state index < -0.39 is 0 Å². The molecule has 4 nitrogen and oxygen atoms in total. The Morgan fingerprint density at radius 1 is 1.61 bits per heavy atom. The van der Waals surface area contributed by atoms with Crippen LogP contribution in [0.1, 0.15) is 38.3 Å². The van der Waals surface area contributed by atoms with E-state index in [2.05, 4.69) is 16.9 Å². The van der Waals surface area contributed by atoms with E-state index in [-0.39, 0.29) is 5.97 Å². The minimum absolute atomic E-state index is 0.139. The van der Waals surface area contributed by atoms with Gasteiger partial charge in [-0.15, -0.1) is 11.3 Å². The van der Waals surface area contributed by atoms with E-state index >= 15 is 0 Å². The first-order valence-electron chi connectivity index (χ1n) is 6.53. The summed E-state index contributed by atoms with van der Waals surface area (Å²) in [6.07, 6.45) is 4.97. The molecule has 1 aliphatic carbocycles. The largest absolute Gasteiger partial charge is 0.466 e. The van der Waals surface area contributed by atoms with Crippen molar-refractivity contribution in [3.63, 3.8) is 0 Å². The second-order valence-electron chi connectivity index (χ2n) is 4.62. The van der Waals surface area contributed by atoms with Gasteiger partial charge in [0.15, 0.2) is 5.13 Å². The zero-order valence-corrected chi connectivity index (χ0v) is 11.8. The lowest BCUT2D eigenvalue weighted by Gasteiger charge is -2.34. The summed E-state index contributed by atoms with van der Waals surface area (Å²) in [5.41, 5.74) is 0.995. The van der Waals surface area contributed by atoms with Crippen molar-refractivity contribution >= 4 is 22.4 Å². The smallest absolute Gasteiger partial charge is 0.306 e. The number of aromatic nitrogens is 1. The van der Waals surface area contributed by atoms with Crippen LogP contribution in [-0.2, 0) is 16.0 Å². The molecular formula is C13H20N2O2S. The summed E-state index contributed by atoms with van der Waals surface area (Å²) < 4.78 is 4.91. The molecule has 1 aromatic heterocycles. The maximum absolute atomic E-state index is 11.3. The number of aryl methyl sites for hydroxylation is 1. The van der Waals surface area contributed by atoms with Crippen LogP contribution in [0.25, 0.3) is 0 Å². The third-order valence-corrected chi connectivity index (χ3v) is 4.33. The summed E-state index contributed by atoms with van der Waals surface area (Å²) >= 11 is 1.66. The van der Waals surface area contributed by atoms with Gasteiger partial charge in [-0.1, -0.05) is 0 Å². The number of carbonyl (C=O) groups excluding carboxylic acids is 1. The van der Waals surface area contributed by atoms with Gasteiger partial charge in [0.2, 0.25) is 0 Å². The lowest BCUT2D eigenvalue weighted by molar-refractivity contribution is -0.143. The first kappa shape index (κ1) is 13.3. The van der Waals surface area contributed by atoms with Gasteiger partial charge in [0.1, 0.15) is 0 Å². The third kappa shape index (κ3) is 3.22. The van der Waals surface area contributed by atoms with Crippen LogP contribution in [0.2, 0.25) is 0 Å². The van der Waals surface area contributed by atoms with Gasteiger partial charge in [-0.2, -0.15) is 0 Å². The lowest BCUT2D eigenvalue weighted by atomic mass is 9.92. The third-order valence-electron chi connectivity index (χ3n) is 3.35. The van der Waals surface area contributed by atoms with Crippen LogP contribution in [-0.4, -0.2) is 30.6 Å². The number of carbonyl (C=O) groups is 1. The summed E-state index contributed by atoms with van der Waals surface area (Å²) in [7, 11) is 2.11. The van der Waals surface area contributed by atoms with Crippen LogP contribution >= 0.6 is 11.3 Å². The molecule has 0 atom stereocenters. The standard InChI is InChI=1S/C13H20N2O2S/c1-3-17-12(16)8-7-10-9-18-13(14-10)15(2)11-5-4-6-11/h9,11H,3-8H2,1-2H3. The number of nitrogens with zero attached hydrogens (tertiary/aromatic N) is 2. The summed E-state index contributed by atoms with van der Waals surface area (Å²) in [5.74, 6) is -0.139. The van der Waals surface area contributed by atoms with Crippen molar-refractivity contribution in [3.8, 4) is 0 Å². The Bertz CT molecular complexity index is 401. The van der Waals surface area contributed by atoms with Crippen LogP contribution in [0.15, 0.2) is 5.38 Å². The van der Waals surface area contributed by atoms with Crippen LogP contribution in [0.5, 0.6) is 0 Å². The normalized spacial score (nSPS) is 15.2. The summed E-state index contributed by atoms with van der Waals surface area (Å²) in [5, 5.41) is 3.11. The van der Waals surface area contributed by atoms with E-state index in [1.807, 2.05) is 12.3 Å². The fourth-order valence-corrected chi connectivity index (χ4v) is 2.86. The quantitative estimate of drug-likeness (QED) is 0.744. The van der Waals surface area contributed by atoms with Gasteiger partial charge in [0.25, 0.3) is 0 Å². The Morgan fingerprint density at radius 2 is 2.39 bits per heavy atom. The maximum Gasteiger partial charge on any atom is 0.306 e. The van der Waals surface area contributed by atoms with E-state index in [0.29, 0.717) is 25.5 Å². The first-order valence-corrected chi connectivity index (χ1v) is 7.41.